The monoisotopic (exact) mass is 246 g/mol. The summed E-state index contributed by atoms with van der Waals surface area (Å²) in [5.74, 6) is 0.204. The summed E-state index contributed by atoms with van der Waals surface area (Å²) in [6.07, 6.45) is 0.566. The highest BCUT2D eigenvalue weighted by Crippen LogP contribution is 2.28. The maximum atomic E-state index is 12.3. The third-order valence-corrected chi connectivity index (χ3v) is 3.39. The van der Waals surface area contributed by atoms with Crippen molar-refractivity contribution in [2.45, 2.75) is 39.7 Å². The zero-order chi connectivity index (χ0) is 13.3. The molecule has 0 aromatic heterocycles. The second kappa shape index (κ2) is 4.73. The van der Waals surface area contributed by atoms with Crippen LogP contribution in [0.4, 0.5) is 5.69 Å². The Morgan fingerprint density at radius 1 is 1.17 bits per heavy atom. The van der Waals surface area contributed by atoms with E-state index in [1.807, 2.05) is 4.90 Å². The molecular formula is C15H22N2O. The van der Waals surface area contributed by atoms with E-state index in [0.29, 0.717) is 6.42 Å². The Hall–Kier alpha value is -1.35. The molecular weight excluding hydrogens is 224 g/mol. The number of hydrogen-bond acceptors (Lipinski definition) is 2. The van der Waals surface area contributed by atoms with E-state index in [-0.39, 0.29) is 11.4 Å². The molecule has 0 atom stereocenters. The number of hydrogen-bond donors (Lipinski definition) is 1. The minimum Gasteiger partial charge on any atom is -0.314 e. The van der Waals surface area contributed by atoms with Gasteiger partial charge >= 0.3 is 0 Å². The quantitative estimate of drug-likeness (QED) is 0.825. The molecule has 0 bridgehead atoms. The van der Waals surface area contributed by atoms with E-state index in [1.54, 1.807) is 0 Å². The molecule has 0 aliphatic carbocycles. The normalized spacial score (nSPS) is 19.8. The highest BCUT2D eigenvalue weighted by molar-refractivity contribution is 5.95. The summed E-state index contributed by atoms with van der Waals surface area (Å²) in [5, 5.41) is 3.33. The summed E-state index contributed by atoms with van der Waals surface area (Å²) in [4.78, 5) is 14.3. The standard InChI is InChI=1S/C15H22N2O/c1-11-7-12(2)9-13(8-11)17-14(18)5-6-16-10-15(17,3)4/h7-9,16H,5-6,10H2,1-4H3. The summed E-state index contributed by atoms with van der Waals surface area (Å²) in [6, 6.07) is 6.33. The predicted molar refractivity (Wildman–Crippen MR) is 75.0 cm³/mol. The summed E-state index contributed by atoms with van der Waals surface area (Å²) < 4.78 is 0. The minimum absolute atomic E-state index is 0.187. The van der Waals surface area contributed by atoms with Crippen molar-refractivity contribution >= 4 is 11.6 Å². The minimum atomic E-state index is -0.187. The number of carbonyl (C=O) groups is 1. The Kier molecular flexibility index (Phi) is 3.44. The summed E-state index contributed by atoms with van der Waals surface area (Å²) >= 11 is 0. The molecule has 1 aromatic carbocycles. The van der Waals surface area contributed by atoms with Crippen LogP contribution in [0.15, 0.2) is 18.2 Å². The van der Waals surface area contributed by atoms with Crippen molar-refractivity contribution in [1.29, 1.82) is 0 Å². The molecule has 1 fully saturated rings. The Bertz CT molecular complexity index is 445. The van der Waals surface area contributed by atoms with Crippen LogP contribution in [0.1, 0.15) is 31.4 Å². The van der Waals surface area contributed by atoms with E-state index in [4.69, 9.17) is 0 Å². The first-order valence-corrected chi connectivity index (χ1v) is 6.52. The fourth-order valence-electron chi connectivity index (χ4n) is 2.69. The van der Waals surface area contributed by atoms with E-state index < -0.39 is 0 Å². The molecule has 1 amide bonds. The van der Waals surface area contributed by atoms with Crippen LogP contribution in [0.3, 0.4) is 0 Å². The molecule has 1 heterocycles. The Morgan fingerprint density at radius 3 is 2.39 bits per heavy atom. The van der Waals surface area contributed by atoms with Crippen molar-refractivity contribution in [2.75, 3.05) is 18.0 Å². The van der Waals surface area contributed by atoms with Gasteiger partial charge in [0.1, 0.15) is 0 Å². The van der Waals surface area contributed by atoms with Crippen LogP contribution in [0.5, 0.6) is 0 Å². The van der Waals surface area contributed by atoms with Gasteiger partial charge in [-0.15, -0.1) is 0 Å². The van der Waals surface area contributed by atoms with Crippen molar-refractivity contribution in [3.05, 3.63) is 29.3 Å². The Labute approximate surface area is 109 Å². The van der Waals surface area contributed by atoms with Crippen LogP contribution in [0.2, 0.25) is 0 Å². The van der Waals surface area contributed by atoms with Gasteiger partial charge in [-0.25, -0.2) is 0 Å². The van der Waals surface area contributed by atoms with Crippen molar-refractivity contribution in [3.8, 4) is 0 Å². The summed E-state index contributed by atoms with van der Waals surface area (Å²) in [5.41, 5.74) is 3.23. The lowest BCUT2D eigenvalue weighted by Gasteiger charge is -2.37. The maximum absolute atomic E-state index is 12.3. The molecule has 3 heteroatoms. The largest absolute Gasteiger partial charge is 0.314 e. The number of aryl methyl sites for hydroxylation is 2. The first-order chi connectivity index (χ1) is 8.40. The number of anilines is 1. The van der Waals surface area contributed by atoms with Gasteiger partial charge in [0, 0.05) is 25.2 Å². The second-order valence-electron chi connectivity index (χ2n) is 5.81. The smallest absolute Gasteiger partial charge is 0.228 e. The number of carbonyl (C=O) groups excluding carboxylic acids is 1. The van der Waals surface area contributed by atoms with Crippen molar-refractivity contribution in [2.24, 2.45) is 0 Å². The van der Waals surface area contributed by atoms with Crippen LogP contribution >= 0.6 is 0 Å². The van der Waals surface area contributed by atoms with Crippen LogP contribution in [0, 0.1) is 13.8 Å². The van der Waals surface area contributed by atoms with Crippen molar-refractivity contribution in [3.63, 3.8) is 0 Å². The Balaban J connectivity index is 2.46. The first-order valence-electron chi connectivity index (χ1n) is 6.52. The van der Waals surface area contributed by atoms with Crippen LogP contribution < -0.4 is 10.2 Å². The lowest BCUT2D eigenvalue weighted by Crippen LogP contribution is -2.51. The van der Waals surface area contributed by atoms with Gasteiger partial charge in [-0.2, -0.15) is 0 Å². The molecule has 1 aliphatic rings. The number of nitrogens with one attached hydrogen (secondary N) is 1. The van der Waals surface area contributed by atoms with E-state index in [2.05, 4.69) is 51.2 Å². The van der Waals surface area contributed by atoms with Crippen LogP contribution in [-0.2, 0) is 4.79 Å². The average molecular weight is 246 g/mol. The highest BCUT2D eigenvalue weighted by Gasteiger charge is 2.33. The second-order valence-corrected chi connectivity index (χ2v) is 5.81. The van der Waals surface area contributed by atoms with Gasteiger partial charge in [-0.3, -0.25) is 4.79 Å². The molecule has 98 valence electrons. The lowest BCUT2D eigenvalue weighted by molar-refractivity contribution is -0.119. The highest BCUT2D eigenvalue weighted by atomic mass is 16.2. The molecule has 0 saturated carbocycles. The molecule has 3 nitrogen and oxygen atoms in total. The fraction of sp³-hybridized carbons (Fsp3) is 0.533. The Morgan fingerprint density at radius 2 is 1.78 bits per heavy atom. The van der Waals surface area contributed by atoms with Gasteiger partial charge in [-0.1, -0.05) is 6.07 Å². The molecule has 2 rings (SSSR count). The van der Waals surface area contributed by atoms with Crippen molar-refractivity contribution < 1.29 is 4.79 Å². The molecule has 1 saturated heterocycles. The molecule has 1 aliphatic heterocycles. The molecule has 1 N–H and O–H groups in total. The average Bonchev–Trinajstić information content (AvgIpc) is 2.35. The molecule has 0 radical (unpaired) electrons. The topological polar surface area (TPSA) is 32.3 Å². The van der Waals surface area contributed by atoms with Gasteiger partial charge in [0.05, 0.1) is 5.54 Å². The summed E-state index contributed by atoms with van der Waals surface area (Å²) in [6.45, 7) is 9.96. The fourth-order valence-corrected chi connectivity index (χ4v) is 2.69. The van der Waals surface area contributed by atoms with Gasteiger partial charge in [0.2, 0.25) is 5.91 Å². The summed E-state index contributed by atoms with van der Waals surface area (Å²) in [7, 11) is 0. The molecule has 18 heavy (non-hydrogen) atoms. The van der Waals surface area contributed by atoms with Gasteiger partial charge in [-0.05, 0) is 51.0 Å². The molecule has 0 unspecified atom stereocenters. The number of nitrogens with zero attached hydrogens (tertiary/aromatic N) is 1. The lowest BCUT2D eigenvalue weighted by atomic mass is 10.0. The van der Waals surface area contributed by atoms with E-state index in [0.717, 1.165) is 18.8 Å². The molecule has 0 spiro atoms. The van der Waals surface area contributed by atoms with E-state index in [9.17, 15) is 4.79 Å². The SMILES string of the molecule is Cc1cc(C)cc(N2C(=O)CCNCC2(C)C)c1. The van der Waals surface area contributed by atoms with Gasteiger partial charge < -0.3 is 10.2 Å². The van der Waals surface area contributed by atoms with Crippen LogP contribution in [-0.4, -0.2) is 24.5 Å². The molecule has 1 aromatic rings. The first kappa shape index (κ1) is 13.1. The van der Waals surface area contributed by atoms with E-state index >= 15 is 0 Å². The maximum Gasteiger partial charge on any atom is 0.228 e. The van der Waals surface area contributed by atoms with Crippen LogP contribution in [0.25, 0.3) is 0 Å². The number of amides is 1. The predicted octanol–water partition coefficient (Wildman–Crippen LogP) is 2.41. The van der Waals surface area contributed by atoms with Gasteiger partial charge in [0.15, 0.2) is 0 Å². The number of benzene rings is 1. The number of rotatable bonds is 1. The van der Waals surface area contributed by atoms with Crippen molar-refractivity contribution in [1.82, 2.24) is 5.32 Å². The van der Waals surface area contributed by atoms with Gasteiger partial charge in [0.25, 0.3) is 0 Å². The van der Waals surface area contributed by atoms with E-state index in [1.165, 1.54) is 11.1 Å². The third kappa shape index (κ3) is 2.56. The zero-order valence-electron chi connectivity index (χ0n) is 11.7. The zero-order valence-corrected chi connectivity index (χ0v) is 11.7. The third-order valence-electron chi connectivity index (χ3n) is 3.39.